The normalized spacial score (nSPS) is 22.5. The number of nitrogens with one attached hydrogen (secondary N) is 3. The lowest BCUT2D eigenvalue weighted by molar-refractivity contribution is -0.139. The van der Waals surface area contributed by atoms with E-state index >= 15 is 0 Å². The van der Waals surface area contributed by atoms with Crippen LogP contribution in [-0.2, 0) is 28.8 Å². The Labute approximate surface area is 521 Å². The number of furan rings is 3. The summed E-state index contributed by atoms with van der Waals surface area (Å²) in [6, 6.07) is 10.7. The Morgan fingerprint density at radius 3 is 1.33 bits per heavy atom. The monoisotopic (exact) mass is 1230 g/mol. The van der Waals surface area contributed by atoms with Gasteiger partial charge in [-0.25, -0.2) is 0 Å². The molecule has 14 rings (SSSR count). The maximum Gasteiger partial charge on any atom is 0.287 e. The SMILES string of the molecule is CN(C)C(=O)CCC(=O)N1CCC2(CC1)CC2CNC(=O)c1cc2ccncc2o1.CN1CC(C(=O)N2CCC3(CC2)CC3CNC(=O)c2cc3ccncc3o2)CC1=O.O=C(NCC1CC12CCN(C(=O)CN1CCCC1=O)CC2)c1cc2ccncc2o1. The van der Waals surface area contributed by atoms with Crippen molar-refractivity contribution in [2.24, 2.45) is 39.9 Å². The molecule has 5 saturated heterocycles. The minimum atomic E-state index is -0.202. The number of nitrogens with zero attached hydrogens (tertiary/aromatic N) is 9. The van der Waals surface area contributed by atoms with Gasteiger partial charge in [-0.1, -0.05) is 0 Å². The Kier molecular flexibility index (Phi) is 17.5. The summed E-state index contributed by atoms with van der Waals surface area (Å²) in [5.41, 5.74) is 2.54. The number of piperidine rings is 3. The summed E-state index contributed by atoms with van der Waals surface area (Å²) in [7, 11) is 5.16. The summed E-state index contributed by atoms with van der Waals surface area (Å²) >= 11 is 0. The van der Waals surface area contributed by atoms with Crippen molar-refractivity contribution in [2.75, 3.05) is 99.7 Å². The molecule has 4 atom stereocenters. The quantitative estimate of drug-likeness (QED) is 0.114. The van der Waals surface area contributed by atoms with E-state index in [9.17, 15) is 43.2 Å². The van der Waals surface area contributed by atoms with Gasteiger partial charge in [0, 0.05) is 154 Å². The van der Waals surface area contributed by atoms with Crippen molar-refractivity contribution < 1.29 is 56.4 Å². The Morgan fingerprint density at radius 2 is 0.967 bits per heavy atom. The van der Waals surface area contributed by atoms with Gasteiger partial charge < -0.3 is 58.6 Å². The fourth-order valence-electron chi connectivity index (χ4n) is 14.5. The zero-order valence-electron chi connectivity index (χ0n) is 51.5. The molecule has 3 saturated carbocycles. The summed E-state index contributed by atoms with van der Waals surface area (Å²) < 4.78 is 16.7. The molecule has 3 N–H and O–H groups in total. The van der Waals surface area contributed by atoms with Crippen molar-refractivity contribution in [3.63, 3.8) is 0 Å². The van der Waals surface area contributed by atoms with E-state index in [1.165, 1.54) is 4.90 Å². The lowest BCUT2D eigenvalue weighted by Gasteiger charge is -2.34. The molecule has 24 heteroatoms. The second-order valence-electron chi connectivity index (χ2n) is 26.5. The third kappa shape index (κ3) is 13.6. The zero-order chi connectivity index (χ0) is 62.9. The standard InChI is InChI=1S/2C22H26N4O4.C22H28N4O4/c1-25-13-15(9-19(25)27)21(29)26-6-3-22(4-7-26)10-16(22)11-24-20(28)17-8-14-2-5-23-12-18(14)30-17;27-19-2-1-7-26(19)14-20(28)25-8-4-22(5-9-25)11-16(22)12-24-21(29)17-10-15-3-6-23-13-18(15)30-17;1-25(2)19(27)3-4-20(28)26-9-6-22(7-10-26)12-16(22)13-24-21(29)17-11-15-5-8-23-14-18(15)30-17/h2,5,8,12,15-16H,3-4,6-7,9-11,13H2,1H3,(H,24,28);3,6,10,13,16H,1-2,4-5,7-9,11-12,14H2,(H,24,29);5,8,11,14,16H,3-4,6-7,9-10,12-13H2,1-2H3,(H,24,29). The van der Waals surface area contributed by atoms with Gasteiger partial charge in [0.1, 0.15) is 0 Å². The summed E-state index contributed by atoms with van der Waals surface area (Å²) in [6.07, 6.45) is 21.2. The molecule has 6 aromatic heterocycles. The van der Waals surface area contributed by atoms with Crippen LogP contribution in [0.15, 0.2) is 86.8 Å². The van der Waals surface area contributed by atoms with Gasteiger partial charge in [0.25, 0.3) is 17.7 Å². The van der Waals surface area contributed by atoms with E-state index in [0.717, 1.165) is 120 Å². The number of amides is 9. The predicted octanol–water partition coefficient (Wildman–Crippen LogP) is 5.53. The molecule has 9 amide bonds. The number of likely N-dealkylation sites (tertiary alicyclic amines) is 5. The molecular weight excluding hydrogens is 1150 g/mol. The van der Waals surface area contributed by atoms with Gasteiger partial charge in [0.05, 0.1) is 31.1 Å². The highest BCUT2D eigenvalue weighted by atomic mass is 16.4. The summed E-state index contributed by atoms with van der Waals surface area (Å²) in [5, 5.41) is 11.6. The van der Waals surface area contributed by atoms with Crippen LogP contribution < -0.4 is 16.0 Å². The molecule has 6 aromatic rings. The van der Waals surface area contributed by atoms with E-state index in [-0.39, 0.29) is 94.7 Å². The van der Waals surface area contributed by atoms with Crippen LogP contribution in [-0.4, -0.2) is 197 Å². The van der Waals surface area contributed by atoms with Crippen LogP contribution >= 0.6 is 0 Å². The van der Waals surface area contributed by atoms with Crippen LogP contribution in [0.25, 0.3) is 32.9 Å². The van der Waals surface area contributed by atoms with Crippen molar-refractivity contribution in [3.05, 3.63) is 90.9 Å². The Morgan fingerprint density at radius 1 is 0.556 bits per heavy atom. The number of carbonyl (C=O) groups excluding carboxylic acids is 9. The number of aromatic nitrogens is 3. The lowest BCUT2D eigenvalue weighted by Crippen LogP contribution is -2.45. The van der Waals surface area contributed by atoms with Gasteiger partial charge in [-0.3, -0.25) is 58.1 Å². The Hall–Kier alpha value is -8.70. The third-order valence-electron chi connectivity index (χ3n) is 20.8. The summed E-state index contributed by atoms with van der Waals surface area (Å²) in [6.45, 7) is 7.77. The minimum absolute atomic E-state index is 0.0180. The first-order valence-corrected chi connectivity index (χ1v) is 31.8. The van der Waals surface area contributed by atoms with E-state index in [0.29, 0.717) is 97.3 Å². The maximum absolute atomic E-state index is 12.7. The molecule has 0 aromatic carbocycles. The van der Waals surface area contributed by atoms with Gasteiger partial charge in [-0.2, -0.15) is 0 Å². The molecule has 11 heterocycles. The molecule has 3 aliphatic carbocycles. The van der Waals surface area contributed by atoms with E-state index in [4.69, 9.17) is 13.3 Å². The van der Waals surface area contributed by atoms with Gasteiger partial charge in [0.2, 0.25) is 35.4 Å². The van der Waals surface area contributed by atoms with Crippen LogP contribution in [0.4, 0.5) is 0 Å². The number of hydrogen-bond donors (Lipinski definition) is 3. The molecule has 3 spiro atoms. The van der Waals surface area contributed by atoms with E-state index in [2.05, 4.69) is 30.9 Å². The molecule has 8 aliphatic rings. The minimum Gasteiger partial charge on any atom is -0.449 e. The Balaban J connectivity index is 0.000000131. The molecule has 476 valence electrons. The number of pyridine rings is 3. The first-order chi connectivity index (χ1) is 43.4. The number of hydrogen-bond acceptors (Lipinski definition) is 15. The fraction of sp³-hybridized carbons (Fsp3) is 0.545. The molecule has 8 fully saturated rings. The fourth-order valence-corrected chi connectivity index (χ4v) is 14.5. The van der Waals surface area contributed by atoms with Gasteiger partial charge in [-0.15, -0.1) is 0 Å². The van der Waals surface area contributed by atoms with E-state index in [1.807, 2.05) is 32.9 Å². The van der Waals surface area contributed by atoms with Crippen molar-refractivity contribution >= 4 is 86.1 Å². The summed E-state index contributed by atoms with van der Waals surface area (Å²) in [5.74, 6) is 1.85. The second kappa shape index (κ2) is 25.7. The van der Waals surface area contributed by atoms with Crippen molar-refractivity contribution in [3.8, 4) is 0 Å². The van der Waals surface area contributed by atoms with Crippen LogP contribution in [0.1, 0.15) is 122 Å². The maximum atomic E-state index is 12.7. The average Bonchev–Trinajstić information content (AvgIpc) is 1.70. The lowest BCUT2D eigenvalue weighted by atomic mass is 9.90. The Bertz CT molecular complexity index is 3610. The topological polar surface area (TPSA) is 287 Å². The summed E-state index contributed by atoms with van der Waals surface area (Å²) in [4.78, 5) is 133. The van der Waals surface area contributed by atoms with Gasteiger partial charge in [0.15, 0.2) is 34.0 Å². The molecule has 4 unspecified atom stereocenters. The van der Waals surface area contributed by atoms with Crippen molar-refractivity contribution in [1.82, 2.24) is 60.3 Å². The first kappa shape index (κ1) is 61.5. The van der Waals surface area contributed by atoms with E-state index in [1.54, 1.807) is 86.3 Å². The smallest absolute Gasteiger partial charge is 0.287 e. The molecule has 0 radical (unpaired) electrons. The van der Waals surface area contributed by atoms with Crippen molar-refractivity contribution in [2.45, 2.75) is 89.9 Å². The molecule has 5 aliphatic heterocycles. The third-order valence-corrected chi connectivity index (χ3v) is 20.8. The predicted molar refractivity (Wildman–Crippen MR) is 328 cm³/mol. The molecule has 0 bridgehead atoms. The van der Waals surface area contributed by atoms with Crippen LogP contribution in [0.5, 0.6) is 0 Å². The highest BCUT2D eigenvalue weighted by molar-refractivity contribution is 5.98. The van der Waals surface area contributed by atoms with Crippen LogP contribution in [0.3, 0.4) is 0 Å². The van der Waals surface area contributed by atoms with Gasteiger partial charge in [-0.05, 0) is 135 Å². The van der Waals surface area contributed by atoms with E-state index < -0.39 is 0 Å². The number of carbonyl (C=O) groups is 9. The van der Waals surface area contributed by atoms with Gasteiger partial charge >= 0.3 is 0 Å². The largest absolute Gasteiger partial charge is 0.449 e. The highest BCUT2D eigenvalue weighted by Crippen LogP contribution is 2.61. The number of rotatable bonds is 15. The highest BCUT2D eigenvalue weighted by Gasteiger charge is 2.57. The molecule has 24 nitrogen and oxygen atoms in total. The average molecular weight is 1230 g/mol. The zero-order valence-corrected chi connectivity index (χ0v) is 51.5. The number of fused-ring (bicyclic) bond motifs is 3. The van der Waals surface area contributed by atoms with Crippen LogP contribution in [0.2, 0.25) is 0 Å². The first-order valence-electron chi connectivity index (χ1n) is 31.8. The molecule has 90 heavy (non-hydrogen) atoms. The van der Waals surface area contributed by atoms with Crippen LogP contribution in [0, 0.1) is 39.9 Å². The molecular formula is C66H80N12O12. The van der Waals surface area contributed by atoms with Crippen molar-refractivity contribution in [1.29, 1.82) is 0 Å². The second-order valence-corrected chi connectivity index (χ2v) is 26.5.